The molecule has 0 aromatic heterocycles. The van der Waals surface area contributed by atoms with E-state index in [1.807, 2.05) is 78.9 Å². The van der Waals surface area contributed by atoms with E-state index in [-0.39, 0.29) is 5.91 Å². The molecule has 1 heterocycles. The zero-order chi connectivity index (χ0) is 23.5. The summed E-state index contributed by atoms with van der Waals surface area (Å²) in [5.41, 5.74) is 2.86. The summed E-state index contributed by atoms with van der Waals surface area (Å²) in [4.78, 5) is 14.5. The number of methoxy groups -OCH3 is 1. The predicted molar refractivity (Wildman–Crippen MR) is 139 cm³/mol. The third-order valence-corrected chi connectivity index (χ3v) is 5.91. The standard InChI is InChI=1S/C28H22N2O3S/c1-32-26-14-11-19(16-25-27(31)30(28(34)29-25)23-9-3-2-4-10-23)15-22(26)18-33-24-13-12-20-7-5-6-8-21(20)17-24/h2-17H,18H2,1H3,(H,29,34)/b25-16+. The van der Waals surface area contributed by atoms with Crippen LogP contribution in [0.5, 0.6) is 11.5 Å². The van der Waals surface area contributed by atoms with Crippen LogP contribution in [0.1, 0.15) is 11.1 Å². The number of thiocarbonyl (C=S) groups is 1. The molecule has 1 fully saturated rings. The Bertz CT molecular complexity index is 1420. The van der Waals surface area contributed by atoms with Crippen molar-refractivity contribution in [3.63, 3.8) is 0 Å². The number of benzene rings is 4. The number of rotatable bonds is 6. The summed E-state index contributed by atoms with van der Waals surface area (Å²) in [7, 11) is 1.63. The van der Waals surface area contributed by atoms with Crippen LogP contribution in [-0.2, 0) is 11.4 Å². The molecule has 1 aliphatic rings. The van der Waals surface area contributed by atoms with Crippen LogP contribution in [0.2, 0.25) is 0 Å². The van der Waals surface area contributed by atoms with Gasteiger partial charge in [0.1, 0.15) is 23.8 Å². The number of amides is 1. The van der Waals surface area contributed by atoms with E-state index in [0.717, 1.165) is 39.1 Å². The first-order valence-electron chi connectivity index (χ1n) is 10.8. The van der Waals surface area contributed by atoms with Gasteiger partial charge in [0.25, 0.3) is 5.91 Å². The minimum absolute atomic E-state index is 0.194. The first-order valence-corrected chi connectivity index (χ1v) is 11.2. The zero-order valence-electron chi connectivity index (χ0n) is 18.5. The Labute approximate surface area is 203 Å². The molecule has 1 saturated heterocycles. The van der Waals surface area contributed by atoms with Crippen LogP contribution < -0.4 is 19.7 Å². The normalized spacial score (nSPS) is 14.5. The van der Waals surface area contributed by atoms with Crippen LogP contribution >= 0.6 is 12.2 Å². The quantitative estimate of drug-likeness (QED) is 0.292. The summed E-state index contributed by atoms with van der Waals surface area (Å²) < 4.78 is 11.6. The molecule has 1 N–H and O–H groups in total. The highest BCUT2D eigenvalue weighted by atomic mass is 32.1. The highest BCUT2D eigenvalue weighted by Crippen LogP contribution is 2.27. The van der Waals surface area contributed by atoms with Crippen molar-refractivity contribution in [2.45, 2.75) is 6.61 Å². The maximum absolute atomic E-state index is 13.0. The molecule has 0 saturated carbocycles. The highest BCUT2D eigenvalue weighted by Gasteiger charge is 2.31. The van der Waals surface area contributed by atoms with Gasteiger partial charge < -0.3 is 14.8 Å². The van der Waals surface area contributed by atoms with Gasteiger partial charge in [-0.15, -0.1) is 0 Å². The van der Waals surface area contributed by atoms with Crippen molar-refractivity contribution in [3.8, 4) is 11.5 Å². The molecule has 4 aromatic rings. The molecule has 0 radical (unpaired) electrons. The topological polar surface area (TPSA) is 50.8 Å². The Morgan fingerprint density at radius 3 is 2.47 bits per heavy atom. The first kappa shape index (κ1) is 21.7. The second-order valence-electron chi connectivity index (χ2n) is 7.83. The molecule has 168 valence electrons. The molecule has 0 bridgehead atoms. The largest absolute Gasteiger partial charge is 0.496 e. The van der Waals surface area contributed by atoms with Gasteiger partial charge in [-0.2, -0.15) is 0 Å². The molecule has 5 nitrogen and oxygen atoms in total. The minimum Gasteiger partial charge on any atom is -0.496 e. The number of carbonyl (C=O) groups is 1. The van der Waals surface area contributed by atoms with E-state index in [2.05, 4.69) is 17.4 Å². The summed E-state index contributed by atoms with van der Waals surface area (Å²) >= 11 is 5.40. The van der Waals surface area contributed by atoms with Crippen LogP contribution in [-0.4, -0.2) is 18.1 Å². The van der Waals surface area contributed by atoms with E-state index in [1.54, 1.807) is 13.2 Å². The van der Waals surface area contributed by atoms with Crippen LogP contribution in [0, 0.1) is 0 Å². The third-order valence-electron chi connectivity index (χ3n) is 5.62. The number of nitrogens with zero attached hydrogens (tertiary/aromatic N) is 1. The molecule has 5 rings (SSSR count). The third kappa shape index (κ3) is 4.36. The Morgan fingerprint density at radius 1 is 0.912 bits per heavy atom. The second-order valence-corrected chi connectivity index (χ2v) is 8.22. The van der Waals surface area contributed by atoms with E-state index >= 15 is 0 Å². The minimum atomic E-state index is -0.194. The second kappa shape index (κ2) is 9.37. The number of hydrogen-bond acceptors (Lipinski definition) is 4. The molecule has 0 atom stereocenters. The summed E-state index contributed by atoms with van der Waals surface area (Å²) in [6.45, 7) is 0.328. The average Bonchev–Trinajstić information content (AvgIpc) is 3.15. The number of carbonyl (C=O) groups excluding carboxylic acids is 1. The molecule has 1 amide bonds. The van der Waals surface area contributed by atoms with Crippen molar-refractivity contribution in [1.82, 2.24) is 5.32 Å². The van der Waals surface area contributed by atoms with Gasteiger partial charge in [0.15, 0.2) is 5.11 Å². The van der Waals surface area contributed by atoms with Gasteiger partial charge in [0.05, 0.1) is 12.8 Å². The molecule has 34 heavy (non-hydrogen) atoms. The van der Waals surface area contributed by atoms with Crippen molar-refractivity contribution in [2.24, 2.45) is 0 Å². The van der Waals surface area contributed by atoms with Gasteiger partial charge in [-0.1, -0.05) is 54.6 Å². The molecule has 0 aliphatic carbocycles. The highest BCUT2D eigenvalue weighted by molar-refractivity contribution is 7.80. The summed E-state index contributed by atoms with van der Waals surface area (Å²) in [6, 6.07) is 29.3. The number of ether oxygens (including phenoxy) is 2. The summed E-state index contributed by atoms with van der Waals surface area (Å²) in [5.74, 6) is 1.30. The number of hydrogen-bond donors (Lipinski definition) is 1. The summed E-state index contributed by atoms with van der Waals surface area (Å²) in [5, 5.41) is 5.67. The Morgan fingerprint density at radius 2 is 1.68 bits per heavy atom. The van der Waals surface area contributed by atoms with Gasteiger partial charge >= 0.3 is 0 Å². The number of para-hydroxylation sites is 1. The van der Waals surface area contributed by atoms with Gasteiger partial charge in [-0.05, 0) is 71.0 Å². The van der Waals surface area contributed by atoms with E-state index < -0.39 is 0 Å². The van der Waals surface area contributed by atoms with Crippen molar-refractivity contribution in [3.05, 3.63) is 108 Å². The monoisotopic (exact) mass is 466 g/mol. The van der Waals surface area contributed by atoms with Crippen LogP contribution in [0.3, 0.4) is 0 Å². The molecule has 0 unspecified atom stereocenters. The average molecular weight is 467 g/mol. The fourth-order valence-electron chi connectivity index (χ4n) is 3.93. The van der Waals surface area contributed by atoms with E-state index in [9.17, 15) is 4.79 Å². The number of fused-ring (bicyclic) bond motifs is 1. The maximum atomic E-state index is 13.0. The molecule has 1 aliphatic heterocycles. The number of nitrogens with one attached hydrogen (secondary N) is 1. The van der Waals surface area contributed by atoms with Crippen molar-refractivity contribution < 1.29 is 14.3 Å². The maximum Gasteiger partial charge on any atom is 0.281 e. The van der Waals surface area contributed by atoms with Crippen LogP contribution in [0.25, 0.3) is 16.8 Å². The first-order chi connectivity index (χ1) is 16.6. The van der Waals surface area contributed by atoms with E-state index in [1.165, 1.54) is 4.90 Å². The lowest BCUT2D eigenvalue weighted by molar-refractivity contribution is -0.113. The Balaban J connectivity index is 1.38. The van der Waals surface area contributed by atoms with Crippen molar-refractivity contribution in [1.29, 1.82) is 0 Å². The molecule has 4 aromatic carbocycles. The van der Waals surface area contributed by atoms with Gasteiger partial charge in [-0.25, -0.2) is 0 Å². The lowest BCUT2D eigenvalue weighted by Gasteiger charge is -2.13. The molecular weight excluding hydrogens is 444 g/mol. The molecule has 6 heteroatoms. The number of anilines is 1. The Kier molecular flexibility index (Phi) is 5.97. The van der Waals surface area contributed by atoms with Gasteiger partial charge in [0, 0.05) is 5.56 Å². The van der Waals surface area contributed by atoms with Crippen molar-refractivity contribution >= 4 is 45.8 Å². The summed E-state index contributed by atoms with van der Waals surface area (Å²) in [6.07, 6.45) is 1.79. The van der Waals surface area contributed by atoms with Crippen molar-refractivity contribution in [2.75, 3.05) is 12.0 Å². The smallest absolute Gasteiger partial charge is 0.281 e. The van der Waals surface area contributed by atoms with E-state index in [4.69, 9.17) is 21.7 Å². The Hall–Kier alpha value is -4.16. The fraction of sp³-hybridized carbons (Fsp3) is 0.0714. The lowest BCUT2D eigenvalue weighted by atomic mass is 10.1. The predicted octanol–water partition coefficient (Wildman–Crippen LogP) is 5.69. The lowest BCUT2D eigenvalue weighted by Crippen LogP contribution is -2.30. The molecular formula is C28H22N2O3S. The fourth-order valence-corrected chi connectivity index (χ4v) is 4.23. The van der Waals surface area contributed by atoms with E-state index in [0.29, 0.717) is 17.4 Å². The zero-order valence-corrected chi connectivity index (χ0v) is 19.3. The SMILES string of the molecule is COc1ccc(/C=C2/NC(=S)N(c3ccccc3)C2=O)cc1COc1ccc2ccccc2c1. The van der Waals surface area contributed by atoms with Gasteiger partial charge in [0.2, 0.25) is 0 Å². The van der Waals surface area contributed by atoms with Gasteiger partial charge in [-0.3, -0.25) is 9.69 Å². The van der Waals surface area contributed by atoms with Crippen LogP contribution in [0.15, 0.2) is 96.7 Å². The van der Waals surface area contributed by atoms with Crippen LogP contribution in [0.4, 0.5) is 5.69 Å². The molecule has 0 spiro atoms.